The van der Waals surface area contributed by atoms with Gasteiger partial charge < -0.3 is 20.9 Å². The van der Waals surface area contributed by atoms with Crippen molar-refractivity contribution >= 4 is 34.5 Å². The molecule has 0 aliphatic carbocycles. The number of hydrogen-bond acceptors (Lipinski definition) is 10. The molecule has 1 saturated heterocycles. The SMILES string of the molecule is Cc1c(C(N)=O)n(CCN2CCN(c3ncccn3)CC2)c2nc(N)n3nc(-c4ccccn4)nc3c12. The highest BCUT2D eigenvalue weighted by Crippen LogP contribution is 2.30. The average molecular weight is 499 g/mol. The summed E-state index contributed by atoms with van der Waals surface area (Å²) < 4.78 is 3.34. The van der Waals surface area contributed by atoms with Crippen LogP contribution < -0.4 is 16.4 Å². The van der Waals surface area contributed by atoms with Crippen LogP contribution in [0.25, 0.3) is 28.2 Å². The van der Waals surface area contributed by atoms with Crippen LogP contribution in [0.5, 0.6) is 0 Å². The number of nitrogen functional groups attached to an aromatic ring is 1. The van der Waals surface area contributed by atoms with Gasteiger partial charge in [-0.15, -0.1) is 5.10 Å². The number of aromatic nitrogens is 8. The van der Waals surface area contributed by atoms with Crippen LogP contribution in [0.2, 0.25) is 0 Å². The predicted octanol–water partition coefficient (Wildman–Crippen LogP) is 0.743. The molecule has 5 aromatic rings. The number of piperazine rings is 1. The second-order valence-corrected chi connectivity index (χ2v) is 8.92. The largest absolute Gasteiger partial charge is 0.368 e. The fourth-order valence-electron chi connectivity index (χ4n) is 4.91. The first kappa shape index (κ1) is 22.8. The zero-order valence-corrected chi connectivity index (χ0v) is 20.3. The predicted molar refractivity (Wildman–Crippen MR) is 138 cm³/mol. The number of nitrogens with two attached hydrogens (primary N) is 2. The highest BCUT2D eigenvalue weighted by Gasteiger charge is 2.26. The van der Waals surface area contributed by atoms with Gasteiger partial charge >= 0.3 is 0 Å². The lowest BCUT2D eigenvalue weighted by atomic mass is 10.2. The number of nitrogens with zero attached hydrogens (tertiary/aromatic N) is 10. The molecule has 13 nitrogen and oxygen atoms in total. The third-order valence-corrected chi connectivity index (χ3v) is 6.72. The monoisotopic (exact) mass is 498 g/mol. The topological polar surface area (TPSA) is 162 Å². The zero-order chi connectivity index (χ0) is 25.5. The maximum Gasteiger partial charge on any atom is 0.265 e. The number of amides is 1. The number of hydrogen-bond donors (Lipinski definition) is 2. The van der Waals surface area contributed by atoms with Crippen molar-refractivity contribution in [1.82, 2.24) is 44.0 Å². The Labute approximate surface area is 211 Å². The molecule has 1 aliphatic rings. The lowest BCUT2D eigenvalue weighted by molar-refractivity contribution is 0.0990. The molecule has 1 aliphatic heterocycles. The van der Waals surface area contributed by atoms with E-state index < -0.39 is 5.91 Å². The smallest absolute Gasteiger partial charge is 0.265 e. The summed E-state index contributed by atoms with van der Waals surface area (Å²) in [4.78, 5) is 39.4. The first-order valence-corrected chi connectivity index (χ1v) is 12.0. The van der Waals surface area contributed by atoms with Gasteiger partial charge in [0, 0.05) is 57.9 Å². The van der Waals surface area contributed by atoms with Gasteiger partial charge in [-0.1, -0.05) is 6.07 Å². The van der Waals surface area contributed by atoms with Crippen LogP contribution in [-0.4, -0.2) is 82.6 Å². The summed E-state index contributed by atoms with van der Waals surface area (Å²) in [5, 5.41) is 5.21. The van der Waals surface area contributed by atoms with Gasteiger partial charge in [0.1, 0.15) is 17.0 Å². The number of anilines is 2. The molecule has 6 heterocycles. The number of aryl methyl sites for hydroxylation is 1. The lowest BCUT2D eigenvalue weighted by Gasteiger charge is -2.34. The van der Waals surface area contributed by atoms with Crippen LogP contribution in [0.4, 0.5) is 11.9 Å². The quantitative estimate of drug-likeness (QED) is 0.341. The van der Waals surface area contributed by atoms with E-state index in [0.717, 1.165) is 32.1 Å². The van der Waals surface area contributed by atoms with E-state index in [0.29, 0.717) is 52.5 Å². The van der Waals surface area contributed by atoms with E-state index in [2.05, 4.69) is 34.8 Å². The molecule has 37 heavy (non-hydrogen) atoms. The van der Waals surface area contributed by atoms with E-state index in [1.807, 2.05) is 35.8 Å². The van der Waals surface area contributed by atoms with Gasteiger partial charge in [-0.2, -0.15) is 9.50 Å². The minimum absolute atomic E-state index is 0.170. The summed E-state index contributed by atoms with van der Waals surface area (Å²) in [7, 11) is 0. The summed E-state index contributed by atoms with van der Waals surface area (Å²) in [6.07, 6.45) is 5.19. The molecule has 4 N–H and O–H groups in total. The maximum atomic E-state index is 12.6. The molecule has 13 heteroatoms. The van der Waals surface area contributed by atoms with Gasteiger partial charge in [-0.25, -0.2) is 15.0 Å². The molecule has 6 rings (SSSR count). The Balaban J connectivity index is 1.32. The number of rotatable bonds is 6. The van der Waals surface area contributed by atoms with E-state index in [4.69, 9.17) is 16.5 Å². The van der Waals surface area contributed by atoms with Crippen molar-refractivity contribution in [2.45, 2.75) is 13.5 Å². The molecule has 0 aromatic carbocycles. The Kier molecular flexibility index (Phi) is 5.60. The first-order valence-electron chi connectivity index (χ1n) is 12.0. The highest BCUT2D eigenvalue weighted by molar-refractivity contribution is 6.04. The van der Waals surface area contributed by atoms with Gasteiger partial charge in [-0.3, -0.25) is 14.7 Å². The molecule has 0 unspecified atom stereocenters. The molecule has 1 amide bonds. The first-order chi connectivity index (χ1) is 18.0. The van der Waals surface area contributed by atoms with Crippen LogP contribution >= 0.6 is 0 Å². The number of carbonyl (C=O) groups excluding carboxylic acids is 1. The standard InChI is InChI=1S/C24H26N12O/c1-15-17-21(31-23(26)36-22(17)30-20(32-36)16-5-2-3-6-27-16)35(18(15)19(25)37)14-11-33-9-12-34(13-10-33)24-28-7-4-8-29-24/h2-8H,9-14H2,1H3,(H2,25,37)(H2,26,31). The van der Waals surface area contributed by atoms with Gasteiger partial charge in [0.05, 0.1) is 5.39 Å². The Bertz CT molecular complexity index is 1590. The number of fused-ring (bicyclic) bond motifs is 3. The van der Waals surface area contributed by atoms with Crippen LogP contribution in [-0.2, 0) is 6.54 Å². The minimum Gasteiger partial charge on any atom is -0.368 e. The maximum absolute atomic E-state index is 12.6. The lowest BCUT2D eigenvalue weighted by Crippen LogP contribution is -2.47. The third kappa shape index (κ3) is 3.98. The Morgan fingerprint density at radius 1 is 0.946 bits per heavy atom. The van der Waals surface area contributed by atoms with E-state index in [1.165, 1.54) is 4.52 Å². The summed E-state index contributed by atoms with van der Waals surface area (Å²) in [6.45, 7) is 6.42. The summed E-state index contributed by atoms with van der Waals surface area (Å²) >= 11 is 0. The molecule has 188 valence electrons. The molecular weight excluding hydrogens is 472 g/mol. The van der Waals surface area contributed by atoms with Gasteiger partial charge in [0.25, 0.3) is 5.91 Å². The second kappa shape index (κ2) is 9.09. The van der Waals surface area contributed by atoms with E-state index in [1.54, 1.807) is 18.6 Å². The van der Waals surface area contributed by atoms with E-state index >= 15 is 0 Å². The summed E-state index contributed by atoms with van der Waals surface area (Å²) in [6, 6.07) is 7.33. The minimum atomic E-state index is -0.525. The zero-order valence-electron chi connectivity index (χ0n) is 20.3. The van der Waals surface area contributed by atoms with Crippen LogP contribution in [0.3, 0.4) is 0 Å². The molecule has 0 spiro atoms. The molecule has 0 bridgehead atoms. The molecule has 0 saturated carbocycles. The normalized spacial score (nSPS) is 14.6. The Hall–Kier alpha value is -4.65. The molecule has 0 atom stereocenters. The van der Waals surface area contributed by atoms with Crippen LogP contribution in [0.1, 0.15) is 16.1 Å². The summed E-state index contributed by atoms with van der Waals surface area (Å²) in [5.41, 5.74) is 14.9. The van der Waals surface area contributed by atoms with E-state index in [-0.39, 0.29) is 5.95 Å². The molecule has 5 aromatic heterocycles. The van der Waals surface area contributed by atoms with Gasteiger partial charge in [-0.05, 0) is 30.7 Å². The number of primary amides is 1. The number of pyridine rings is 1. The Morgan fingerprint density at radius 2 is 1.70 bits per heavy atom. The van der Waals surface area contributed by atoms with Crippen molar-refractivity contribution in [1.29, 1.82) is 0 Å². The van der Waals surface area contributed by atoms with Crippen molar-refractivity contribution in [3.05, 3.63) is 54.1 Å². The van der Waals surface area contributed by atoms with E-state index in [9.17, 15) is 4.79 Å². The molecule has 0 radical (unpaired) electrons. The fraction of sp³-hybridized carbons (Fsp3) is 0.292. The van der Waals surface area contributed by atoms with Crippen molar-refractivity contribution in [3.63, 3.8) is 0 Å². The number of carbonyl (C=O) groups is 1. The average Bonchev–Trinajstić information content (AvgIpc) is 3.48. The fourth-order valence-corrected chi connectivity index (χ4v) is 4.91. The highest BCUT2D eigenvalue weighted by atomic mass is 16.1. The third-order valence-electron chi connectivity index (χ3n) is 6.72. The van der Waals surface area contributed by atoms with Gasteiger partial charge in [0.2, 0.25) is 17.7 Å². The molecule has 1 fully saturated rings. The van der Waals surface area contributed by atoms with Crippen molar-refractivity contribution in [2.24, 2.45) is 5.73 Å². The van der Waals surface area contributed by atoms with Crippen LogP contribution in [0.15, 0.2) is 42.9 Å². The summed E-state index contributed by atoms with van der Waals surface area (Å²) in [5.74, 6) is 0.813. The Morgan fingerprint density at radius 3 is 2.41 bits per heavy atom. The molecular formula is C24H26N12O. The van der Waals surface area contributed by atoms with Gasteiger partial charge in [0.15, 0.2) is 5.65 Å². The van der Waals surface area contributed by atoms with Crippen molar-refractivity contribution < 1.29 is 4.79 Å². The van der Waals surface area contributed by atoms with Crippen LogP contribution in [0, 0.1) is 6.92 Å². The second-order valence-electron chi connectivity index (χ2n) is 8.92. The van der Waals surface area contributed by atoms with Crippen molar-refractivity contribution in [2.75, 3.05) is 43.4 Å². The van der Waals surface area contributed by atoms with Crippen molar-refractivity contribution in [3.8, 4) is 11.5 Å².